The van der Waals surface area contributed by atoms with Crippen LogP contribution in [0.1, 0.15) is 0 Å². The maximum Gasteiger partial charge on any atom is 0.227 e. The second-order valence-corrected chi connectivity index (χ2v) is 12.2. The Hall–Kier alpha value is -5.90. The Balaban J connectivity index is 1.26. The third-order valence-electron chi connectivity index (χ3n) is 8.89. The van der Waals surface area contributed by atoms with E-state index in [-0.39, 0.29) is 0 Å². The maximum atomic E-state index is 6.49. The van der Waals surface area contributed by atoms with Crippen molar-refractivity contribution in [1.29, 1.82) is 0 Å². The largest absolute Gasteiger partial charge is 0.436 e. The molecule has 2 aromatic heterocycles. The molecule has 9 rings (SSSR count). The summed E-state index contributed by atoms with van der Waals surface area (Å²) in [5, 5.41) is 3.10. The van der Waals surface area contributed by atoms with E-state index >= 15 is 0 Å². The summed E-state index contributed by atoms with van der Waals surface area (Å²) in [5.74, 6) is 0.565. The van der Waals surface area contributed by atoms with Gasteiger partial charge in [0.05, 0.1) is 11.0 Å². The van der Waals surface area contributed by atoms with E-state index in [1.54, 1.807) is 0 Å². The summed E-state index contributed by atoms with van der Waals surface area (Å²) >= 11 is 6.20. The molecule has 0 unspecified atom stereocenters. The van der Waals surface area contributed by atoms with Crippen LogP contribution in [0.25, 0.3) is 83.4 Å². The van der Waals surface area contributed by atoms with Crippen LogP contribution < -0.4 is 0 Å². The molecule has 0 atom stereocenters. The predicted octanol–water partition coefficient (Wildman–Crippen LogP) is 12.2. The number of oxazole rings is 1. The van der Waals surface area contributed by atoms with Crippen molar-refractivity contribution < 1.29 is 4.42 Å². The van der Waals surface area contributed by atoms with E-state index in [0.717, 1.165) is 50.2 Å². The van der Waals surface area contributed by atoms with Crippen LogP contribution in [0, 0.1) is 0 Å². The predicted molar refractivity (Wildman–Crippen MR) is 195 cm³/mol. The number of rotatable bonds is 5. The molecule has 0 aliphatic carbocycles. The van der Waals surface area contributed by atoms with Crippen LogP contribution in [0.2, 0.25) is 5.02 Å². The molecule has 0 saturated heterocycles. The van der Waals surface area contributed by atoms with E-state index in [1.165, 1.54) is 27.4 Å². The number of benzene rings is 7. The van der Waals surface area contributed by atoms with Crippen LogP contribution in [0.3, 0.4) is 0 Å². The van der Waals surface area contributed by atoms with Crippen molar-refractivity contribution in [3.63, 3.8) is 0 Å². The average molecular weight is 623 g/mol. The number of hydrogen-bond acceptors (Lipinski definition) is 2. The molecular formula is C43H27ClN2O. The molecule has 222 valence electrons. The second kappa shape index (κ2) is 11.2. The molecule has 0 bridgehead atoms. The molecule has 0 N–H and O–H groups in total. The van der Waals surface area contributed by atoms with Crippen molar-refractivity contribution in [3.8, 4) is 50.5 Å². The number of fused-ring (bicyclic) bond motifs is 4. The fourth-order valence-electron chi connectivity index (χ4n) is 6.64. The molecule has 0 aliphatic heterocycles. The monoisotopic (exact) mass is 622 g/mol. The number of halogens is 1. The molecule has 47 heavy (non-hydrogen) atoms. The molecule has 0 spiro atoms. The van der Waals surface area contributed by atoms with E-state index < -0.39 is 0 Å². The summed E-state index contributed by atoms with van der Waals surface area (Å²) < 4.78 is 8.83. The van der Waals surface area contributed by atoms with Crippen molar-refractivity contribution in [2.75, 3.05) is 0 Å². The molecule has 0 amide bonds. The standard InChI is InChI=1S/C43H27ClN2O/c44-34-21-18-29(19-22-34)43-45-42-37(32-13-9-12-30(24-32)28-10-3-1-4-11-28)26-33(27-41(42)47-43)31-20-23-40-38(25-31)36-16-7-8-17-39(36)46(40)35-14-5-2-6-15-35/h1-27H. The zero-order valence-electron chi connectivity index (χ0n) is 25.3. The van der Waals surface area contributed by atoms with Gasteiger partial charge in [-0.3, -0.25) is 0 Å². The lowest BCUT2D eigenvalue weighted by Crippen LogP contribution is -1.92. The van der Waals surface area contributed by atoms with Crippen LogP contribution in [0.4, 0.5) is 0 Å². The molecule has 4 heteroatoms. The first kappa shape index (κ1) is 27.4. The van der Waals surface area contributed by atoms with Gasteiger partial charge >= 0.3 is 0 Å². The SMILES string of the molecule is Clc1ccc(-c2nc3c(-c4cccc(-c5ccccc5)c4)cc(-c4ccc5c(c4)c4ccccc4n5-c4ccccc4)cc3o2)cc1. The van der Waals surface area contributed by atoms with Gasteiger partial charge in [-0.2, -0.15) is 0 Å². The van der Waals surface area contributed by atoms with E-state index in [0.29, 0.717) is 10.9 Å². The third kappa shape index (κ3) is 4.80. The van der Waals surface area contributed by atoms with Gasteiger partial charge in [-0.05, 0) is 101 Å². The van der Waals surface area contributed by atoms with Gasteiger partial charge in [0.1, 0.15) is 5.52 Å². The highest BCUT2D eigenvalue weighted by Gasteiger charge is 2.18. The fourth-order valence-corrected chi connectivity index (χ4v) is 6.76. The molecule has 9 aromatic rings. The quantitative estimate of drug-likeness (QED) is 0.191. The summed E-state index contributed by atoms with van der Waals surface area (Å²) in [6.07, 6.45) is 0. The van der Waals surface area contributed by atoms with E-state index in [1.807, 2.05) is 30.3 Å². The van der Waals surface area contributed by atoms with Gasteiger partial charge in [0.15, 0.2) is 5.58 Å². The number of aromatic nitrogens is 2. The molecule has 2 heterocycles. The van der Waals surface area contributed by atoms with Crippen molar-refractivity contribution in [3.05, 3.63) is 169 Å². The fraction of sp³-hybridized carbons (Fsp3) is 0. The van der Waals surface area contributed by atoms with E-state index in [4.69, 9.17) is 21.0 Å². The van der Waals surface area contributed by atoms with Gasteiger partial charge in [-0.1, -0.05) is 103 Å². The molecule has 0 saturated carbocycles. The summed E-state index contributed by atoms with van der Waals surface area (Å²) in [6.45, 7) is 0. The number of para-hydroxylation sites is 2. The Morgan fingerprint density at radius 3 is 1.96 bits per heavy atom. The topological polar surface area (TPSA) is 31.0 Å². The van der Waals surface area contributed by atoms with Gasteiger partial charge in [0.2, 0.25) is 5.89 Å². The minimum Gasteiger partial charge on any atom is -0.436 e. The van der Waals surface area contributed by atoms with Crippen LogP contribution in [-0.2, 0) is 0 Å². The normalized spacial score (nSPS) is 11.5. The first-order chi connectivity index (χ1) is 23.2. The van der Waals surface area contributed by atoms with Gasteiger partial charge in [-0.15, -0.1) is 0 Å². The molecule has 3 nitrogen and oxygen atoms in total. The Bertz CT molecular complexity index is 2560. The summed E-state index contributed by atoms with van der Waals surface area (Å²) in [7, 11) is 0. The molecule has 0 fully saturated rings. The molecule has 7 aromatic carbocycles. The Kier molecular flexibility index (Phi) is 6.51. The van der Waals surface area contributed by atoms with Crippen LogP contribution in [0.5, 0.6) is 0 Å². The average Bonchev–Trinajstić information content (AvgIpc) is 3.71. The maximum absolute atomic E-state index is 6.49. The van der Waals surface area contributed by atoms with Crippen LogP contribution in [0.15, 0.2) is 168 Å². The zero-order valence-corrected chi connectivity index (χ0v) is 26.0. The zero-order chi connectivity index (χ0) is 31.3. The van der Waals surface area contributed by atoms with Crippen molar-refractivity contribution in [2.24, 2.45) is 0 Å². The lowest BCUT2D eigenvalue weighted by atomic mass is 9.94. The van der Waals surface area contributed by atoms with Gasteiger partial charge in [0.25, 0.3) is 0 Å². The minimum absolute atomic E-state index is 0.565. The highest BCUT2D eigenvalue weighted by Crippen LogP contribution is 2.40. The van der Waals surface area contributed by atoms with Crippen LogP contribution in [-0.4, -0.2) is 9.55 Å². The van der Waals surface area contributed by atoms with E-state index in [9.17, 15) is 0 Å². The number of hydrogen-bond donors (Lipinski definition) is 0. The third-order valence-corrected chi connectivity index (χ3v) is 9.14. The Labute approximate surface area is 276 Å². The van der Waals surface area contributed by atoms with E-state index in [2.05, 4.69) is 138 Å². The summed E-state index contributed by atoms with van der Waals surface area (Å²) in [5.41, 5.74) is 12.5. The highest BCUT2D eigenvalue weighted by molar-refractivity contribution is 6.30. The summed E-state index contributed by atoms with van der Waals surface area (Å²) in [6, 6.07) is 57.0. The van der Waals surface area contributed by atoms with Crippen molar-refractivity contribution in [2.45, 2.75) is 0 Å². The lowest BCUT2D eigenvalue weighted by molar-refractivity contribution is 0.620. The number of nitrogens with zero attached hydrogens (tertiary/aromatic N) is 2. The summed E-state index contributed by atoms with van der Waals surface area (Å²) in [4.78, 5) is 5.04. The van der Waals surface area contributed by atoms with Crippen molar-refractivity contribution in [1.82, 2.24) is 9.55 Å². The van der Waals surface area contributed by atoms with Crippen molar-refractivity contribution >= 4 is 44.5 Å². The highest BCUT2D eigenvalue weighted by atomic mass is 35.5. The van der Waals surface area contributed by atoms with Crippen LogP contribution >= 0.6 is 11.6 Å². The minimum atomic E-state index is 0.565. The Morgan fingerprint density at radius 2 is 1.13 bits per heavy atom. The Morgan fingerprint density at radius 1 is 0.468 bits per heavy atom. The molecular weight excluding hydrogens is 596 g/mol. The van der Waals surface area contributed by atoms with Gasteiger partial charge in [-0.25, -0.2) is 4.98 Å². The lowest BCUT2D eigenvalue weighted by Gasteiger charge is -2.10. The molecule has 0 radical (unpaired) electrons. The van der Waals surface area contributed by atoms with Gasteiger partial charge < -0.3 is 8.98 Å². The first-order valence-corrected chi connectivity index (χ1v) is 16.0. The first-order valence-electron chi connectivity index (χ1n) is 15.6. The van der Waals surface area contributed by atoms with Gasteiger partial charge in [0, 0.05) is 32.6 Å². The smallest absolute Gasteiger partial charge is 0.227 e. The molecule has 0 aliphatic rings. The second-order valence-electron chi connectivity index (χ2n) is 11.8.